The van der Waals surface area contributed by atoms with Crippen LogP contribution in [0.5, 0.6) is 11.5 Å². The van der Waals surface area contributed by atoms with Crippen LogP contribution in [0.25, 0.3) is 0 Å². The number of rotatable bonds is 17. The predicted molar refractivity (Wildman–Crippen MR) is 264 cm³/mol. The van der Waals surface area contributed by atoms with Crippen LogP contribution in [0.1, 0.15) is 72.4 Å². The van der Waals surface area contributed by atoms with Crippen LogP contribution in [-0.2, 0) is 20.7 Å². The Hall–Kier alpha value is -8.39. The molecule has 2 amide bonds. The van der Waals surface area contributed by atoms with Gasteiger partial charge in [0.2, 0.25) is 0 Å². The molecule has 7 aromatic rings. The Labute approximate surface area is 412 Å². The van der Waals surface area contributed by atoms with Gasteiger partial charge in [-0.05, 0) is 134 Å². The molecular weight excluding hydrogens is 932 g/mol. The minimum atomic E-state index is -0.592. The number of pyridine rings is 2. The third-order valence-electron chi connectivity index (χ3n) is 12.0. The maximum absolute atomic E-state index is 12.9. The fraction of sp³-hybridized carbons (Fsp3) is 0.280. The molecule has 20 nitrogen and oxygen atoms in total. The number of carbonyl (C=O) groups excluding carboxylic acids is 4. The minimum Gasteiger partial charge on any atom is -0.457 e. The highest BCUT2D eigenvalue weighted by Crippen LogP contribution is 2.29. The van der Waals surface area contributed by atoms with Crippen LogP contribution >= 0.6 is 11.6 Å². The Morgan fingerprint density at radius 2 is 1.00 bits per heavy atom. The molecule has 0 radical (unpaired) electrons. The highest BCUT2D eigenvalue weighted by atomic mass is 35.5. The highest BCUT2D eigenvalue weighted by Gasteiger charge is 2.27. The maximum Gasteiger partial charge on any atom is 0.320 e. The van der Waals surface area contributed by atoms with Gasteiger partial charge in [-0.15, -0.1) is 10.2 Å². The van der Waals surface area contributed by atoms with Gasteiger partial charge >= 0.3 is 47.6 Å². The van der Waals surface area contributed by atoms with E-state index in [1.54, 1.807) is 73.1 Å². The summed E-state index contributed by atoms with van der Waals surface area (Å²) in [6.07, 6.45) is 7.30. The number of anilines is 8. The monoisotopic (exact) mass is 980 g/mol. The minimum absolute atomic E-state index is 0.0386. The lowest BCUT2D eigenvalue weighted by Crippen LogP contribution is -2.36. The molecule has 2 aliphatic heterocycles. The molecule has 21 heteroatoms. The molecule has 364 valence electrons. The number of halogens is 1. The molecule has 0 spiro atoms. The molecule has 0 saturated carbocycles. The zero-order valence-electron chi connectivity index (χ0n) is 38.5. The molecule has 2 saturated heterocycles. The summed E-state index contributed by atoms with van der Waals surface area (Å²) in [7, 11) is 0. The van der Waals surface area contributed by atoms with Crippen molar-refractivity contribution in [3.8, 4) is 11.5 Å². The van der Waals surface area contributed by atoms with Gasteiger partial charge in [0, 0.05) is 55.4 Å². The summed E-state index contributed by atoms with van der Waals surface area (Å²) in [5.74, 6) is 0.314. The SMILES string of the molecule is CCc1ccc(Nc2nnc(C(=O)Nc3ccc(N4CCC(CC(=O)OC(=O)CC5CCN(c6ccc(NC(=O)c7nnc(Nc8ccc(Oc9ccc(Cl)cc9)cc8)o7)cn6)CC5)CC4)nc3)o2)cc1. The van der Waals surface area contributed by atoms with Crippen molar-refractivity contribution in [3.05, 3.63) is 132 Å². The van der Waals surface area contributed by atoms with Crippen molar-refractivity contribution in [2.24, 2.45) is 11.8 Å². The number of nitrogens with zero attached hydrogens (tertiary/aromatic N) is 8. The average molecular weight is 981 g/mol. The molecule has 9 rings (SSSR count). The molecule has 0 bridgehead atoms. The number of carbonyl (C=O) groups is 4. The molecule has 4 N–H and O–H groups in total. The number of esters is 2. The van der Waals surface area contributed by atoms with Crippen LogP contribution < -0.4 is 35.8 Å². The molecule has 2 fully saturated rings. The topological polar surface area (TPSA) is 245 Å². The Morgan fingerprint density at radius 3 is 1.42 bits per heavy atom. The van der Waals surface area contributed by atoms with Crippen LogP contribution in [0, 0.1) is 11.8 Å². The fourth-order valence-corrected chi connectivity index (χ4v) is 8.25. The van der Waals surface area contributed by atoms with Gasteiger partial charge in [-0.1, -0.05) is 40.9 Å². The molecule has 0 atom stereocenters. The Kier molecular flexibility index (Phi) is 15.0. The van der Waals surface area contributed by atoms with E-state index in [-0.39, 0.29) is 48.5 Å². The normalized spacial score (nSPS) is 14.1. The van der Waals surface area contributed by atoms with E-state index in [1.807, 2.05) is 36.4 Å². The van der Waals surface area contributed by atoms with Crippen LogP contribution in [0.15, 0.2) is 118 Å². The zero-order valence-corrected chi connectivity index (χ0v) is 39.3. The van der Waals surface area contributed by atoms with Crippen molar-refractivity contribution in [3.63, 3.8) is 0 Å². The van der Waals surface area contributed by atoms with Gasteiger partial charge in [-0.2, -0.15) is 0 Å². The molecule has 71 heavy (non-hydrogen) atoms. The van der Waals surface area contributed by atoms with Crippen molar-refractivity contribution in [2.45, 2.75) is 51.9 Å². The third kappa shape index (κ3) is 13.0. The van der Waals surface area contributed by atoms with Gasteiger partial charge < -0.3 is 49.4 Å². The second kappa shape index (κ2) is 22.4. The van der Waals surface area contributed by atoms with Gasteiger partial charge in [0.1, 0.15) is 23.1 Å². The van der Waals surface area contributed by atoms with E-state index < -0.39 is 23.8 Å². The summed E-state index contributed by atoms with van der Waals surface area (Å²) in [5.41, 5.74) is 3.52. The first-order valence-electron chi connectivity index (χ1n) is 23.2. The molecular formula is C50H49ClN12O8. The summed E-state index contributed by atoms with van der Waals surface area (Å²) in [5, 5.41) is 27.6. The number of amides is 2. The van der Waals surface area contributed by atoms with Crippen LogP contribution in [0.3, 0.4) is 0 Å². The third-order valence-corrected chi connectivity index (χ3v) is 12.3. The number of benzene rings is 3. The fourth-order valence-electron chi connectivity index (χ4n) is 8.12. The standard InChI is InChI=1S/C50H49ClN12O8/c1-2-31-3-7-35(8-4-31)56-49-60-58-47(70-49)45(66)54-37-11-17-41(52-29-37)62-23-19-32(20-24-62)27-43(64)69-44(65)28-33-21-25-63(26-22-33)42-18-12-38(30-53-42)55-46(67)48-59-61-50(71-48)57-36-9-15-40(16-10-36)68-39-13-5-34(51)6-14-39/h3-18,29-30,32-33H,2,19-28H2,1H3,(H,54,66)(H,55,67)(H,56,60)(H,57,61). The lowest BCUT2D eigenvalue weighted by Gasteiger charge is -2.33. The van der Waals surface area contributed by atoms with Crippen molar-refractivity contribution in [2.75, 3.05) is 57.2 Å². The van der Waals surface area contributed by atoms with E-state index in [4.69, 9.17) is 29.9 Å². The van der Waals surface area contributed by atoms with Crippen molar-refractivity contribution >= 4 is 81.8 Å². The first-order chi connectivity index (χ1) is 34.6. The van der Waals surface area contributed by atoms with Gasteiger partial charge in [-0.25, -0.2) is 9.97 Å². The van der Waals surface area contributed by atoms with Crippen molar-refractivity contribution in [1.29, 1.82) is 0 Å². The molecule has 2 aliphatic rings. The second-order valence-electron chi connectivity index (χ2n) is 17.0. The number of hydrogen-bond donors (Lipinski definition) is 4. The molecule has 4 aromatic heterocycles. The van der Waals surface area contributed by atoms with E-state index in [0.717, 1.165) is 49.4 Å². The van der Waals surface area contributed by atoms with E-state index in [2.05, 4.69) is 68.4 Å². The first-order valence-corrected chi connectivity index (χ1v) is 23.6. The van der Waals surface area contributed by atoms with Crippen LogP contribution in [0.4, 0.5) is 46.4 Å². The largest absolute Gasteiger partial charge is 0.457 e. The molecule has 6 heterocycles. The van der Waals surface area contributed by atoms with E-state index in [0.29, 0.717) is 59.8 Å². The van der Waals surface area contributed by atoms with Gasteiger partial charge in [-0.3, -0.25) is 19.2 Å². The van der Waals surface area contributed by atoms with E-state index >= 15 is 0 Å². The smallest absolute Gasteiger partial charge is 0.320 e. The van der Waals surface area contributed by atoms with Crippen LogP contribution in [-0.4, -0.2) is 80.3 Å². The quantitative estimate of drug-likeness (QED) is 0.0490. The summed E-state index contributed by atoms with van der Waals surface area (Å²) in [6, 6.07) is 29.2. The number of ether oxygens (including phenoxy) is 2. The maximum atomic E-state index is 12.9. The zero-order chi connectivity index (χ0) is 49.1. The Balaban J connectivity index is 0.642. The Bertz CT molecular complexity index is 2920. The number of hydrogen-bond acceptors (Lipinski definition) is 18. The van der Waals surface area contributed by atoms with Gasteiger partial charge in [0.15, 0.2) is 0 Å². The Morgan fingerprint density at radius 1 is 0.577 bits per heavy atom. The number of nitrogens with one attached hydrogen (secondary N) is 4. The van der Waals surface area contributed by atoms with Gasteiger partial charge in [0.05, 0.1) is 23.8 Å². The molecule has 3 aromatic carbocycles. The van der Waals surface area contributed by atoms with E-state index in [1.165, 1.54) is 5.56 Å². The molecule has 0 aliphatic carbocycles. The van der Waals surface area contributed by atoms with Crippen LogP contribution in [0.2, 0.25) is 5.02 Å². The lowest BCUT2D eigenvalue weighted by molar-refractivity contribution is -0.161. The number of aromatic nitrogens is 6. The summed E-state index contributed by atoms with van der Waals surface area (Å²) in [6.45, 7) is 4.76. The average Bonchev–Trinajstić information content (AvgIpc) is 4.07. The summed E-state index contributed by atoms with van der Waals surface area (Å²) in [4.78, 5) is 64.6. The number of piperidine rings is 2. The van der Waals surface area contributed by atoms with Crippen molar-refractivity contribution in [1.82, 2.24) is 30.4 Å². The highest BCUT2D eigenvalue weighted by molar-refractivity contribution is 6.30. The summed E-state index contributed by atoms with van der Waals surface area (Å²) < 4.78 is 22.1. The predicted octanol–water partition coefficient (Wildman–Crippen LogP) is 9.23. The molecule has 0 unspecified atom stereocenters. The first kappa shape index (κ1) is 47.7. The summed E-state index contributed by atoms with van der Waals surface area (Å²) >= 11 is 5.94. The van der Waals surface area contributed by atoms with Crippen molar-refractivity contribution < 1.29 is 37.5 Å². The van der Waals surface area contributed by atoms with Gasteiger partial charge in [0.25, 0.3) is 0 Å². The number of aryl methyl sites for hydroxylation is 1. The van der Waals surface area contributed by atoms with E-state index in [9.17, 15) is 19.2 Å². The lowest BCUT2D eigenvalue weighted by atomic mass is 9.93. The second-order valence-corrected chi connectivity index (χ2v) is 17.5.